The zero-order chi connectivity index (χ0) is 12.3. The van der Waals surface area contributed by atoms with Gasteiger partial charge in [-0.25, -0.2) is 4.98 Å². The summed E-state index contributed by atoms with van der Waals surface area (Å²) in [5, 5.41) is 11.6. The fourth-order valence-electron chi connectivity index (χ4n) is 2.16. The van der Waals surface area contributed by atoms with Gasteiger partial charge in [0.1, 0.15) is 0 Å². The smallest absolute Gasteiger partial charge is 0.243 e. The molecule has 1 atom stereocenters. The van der Waals surface area contributed by atoms with Gasteiger partial charge in [0.25, 0.3) is 0 Å². The predicted octanol–water partition coefficient (Wildman–Crippen LogP) is 1.38. The van der Waals surface area contributed by atoms with Gasteiger partial charge in [0, 0.05) is 12.6 Å². The van der Waals surface area contributed by atoms with Gasteiger partial charge in [0.05, 0.1) is 11.4 Å². The van der Waals surface area contributed by atoms with Gasteiger partial charge in [-0.05, 0) is 39.8 Å². The van der Waals surface area contributed by atoms with Crippen molar-refractivity contribution in [1.82, 2.24) is 20.1 Å². The molecule has 2 rings (SSSR count). The Morgan fingerprint density at radius 2 is 2.12 bits per heavy atom. The SMILES string of the molecule is CCN1CCCC(Nc2nnc(C)c(C)n2)C1. The molecular weight excluding hydrogens is 214 g/mol. The minimum absolute atomic E-state index is 0.451. The predicted molar refractivity (Wildman–Crippen MR) is 68.1 cm³/mol. The van der Waals surface area contributed by atoms with E-state index in [1.807, 2.05) is 13.8 Å². The van der Waals surface area contributed by atoms with Crippen LogP contribution in [0.2, 0.25) is 0 Å². The first-order chi connectivity index (χ1) is 8.19. The molecule has 2 heterocycles. The second-order valence-corrected chi connectivity index (χ2v) is 4.68. The molecule has 1 saturated heterocycles. The van der Waals surface area contributed by atoms with Crippen molar-refractivity contribution < 1.29 is 0 Å². The summed E-state index contributed by atoms with van der Waals surface area (Å²) in [6.07, 6.45) is 2.43. The molecule has 1 aliphatic rings. The van der Waals surface area contributed by atoms with Crippen molar-refractivity contribution in [3.05, 3.63) is 11.4 Å². The molecule has 1 unspecified atom stereocenters. The lowest BCUT2D eigenvalue weighted by molar-refractivity contribution is 0.226. The minimum atomic E-state index is 0.451. The maximum Gasteiger partial charge on any atom is 0.243 e. The number of piperidine rings is 1. The van der Waals surface area contributed by atoms with Gasteiger partial charge < -0.3 is 10.2 Å². The van der Waals surface area contributed by atoms with E-state index in [9.17, 15) is 0 Å². The molecule has 0 bridgehead atoms. The highest BCUT2D eigenvalue weighted by Gasteiger charge is 2.19. The zero-order valence-electron chi connectivity index (χ0n) is 10.9. The second-order valence-electron chi connectivity index (χ2n) is 4.68. The Morgan fingerprint density at radius 3 is 2.82 bits per heavy atom. The van der Waals surface area contributed by atoms with Crippen LogP contribution in [0.4, 0.5) is 5.95 Å². The maximum absolute atomic E-state index is 4.41. The fraction of sp³-hybridized carbons (Fsp3) is 0.750. The standard InChI is InChI=1S/C12H21N5/c1-4-17-7-5-6-11(8-17)14-12-13-9(2)10(3)15-16-12/h11H,4-8H2,1-3H3,(H,13,14,16). The number of hydrogen-bond acceptors (Lipinski definition) is 5. The van der Waals surface area contributed by atoms with E-state index in [0.717, 1.165) is 24.5 Å². The molecule has 1 N–H and O–H groups in total. The largest absolute Gasteiger partial charge is 0.349 e. The van der Waals surface area contributed by atoms with Crippen LogP contribution in [-0.4, -0.2) is 45.8 Å². The normalized spacial score (nSPS) is 21.5. The average Bonchev–Trinajstić information content (AvgIpc) is 2.34. The van der Waals surface area contributed by atoms with Crippen molar-refractivity contribution in [2.45, 2.75) is 39.7 Å². The van der Waals surface area contributed by atoms with Gasteiger partial charge in [-0.15, -0.1) is 5.10 Å². The Kier molecular flexibility index (Phi) is 3.89. The van der Waals surface area contributed by atoms with Gasteiger partial charge >= 0.3 is 0 Å². The van der Waals surface area contributed by atoms with Crippen LogP contribution in [0.5, 0.6) is 0 Å². The van der Waals surface area contributed by atoms with E-state index in [0.29, 0.717) is 12.0 Å². The lowest BCUT2D eigenvalue weighted by Gasteiger charge is -2.32. The van der Waals surface area contributed by atoms with Crippen LogP contribution in [0.1, 0.15) is 31.2 Å². The molecule has 94 valence electrons. The lowest BCUT2D eigenvalue weighted by atomic mass is 10.1. The number of nitrogens with one attached hydrogen (secondary N) is 1. The Hall–Kier alpha value is -1.23. The molecule has 0 amide bonds. The van der Waals surface area contributed by atoms with Crippen LogP contribution < -0.4 is 5.32 Å². The first-order valence-corrected chi connectivity index (χ1v) is 6.36. The summed E-state index contributed by atoms with van der Waals surface area (Å²) in [6, 6.07) is 0.451. The van der Waals surface area contributed by atoms with E-state index in [1.54, 1.807) is 0 Å². The number of aryl methyl sites for hydroxylation is 2. The van der Waals surface area contributed by atoms with Crippen LogP contribution in [0, 0.1) is 13.8 Å². The second kappa shape index (κ2) is 5.40. The summed E-state index contributed by atoms with van der Waals surface area (Å²) in [7, 11) is 0. The van der Waals surface area contributed by atoms with Gasteiger partial charge in [0.15, 0.2) is 0 Å². The van der Waals surface area contributed by atoms with Crippen LogP contribution >= 0.6 is 0 Å². The molecule has 0 saturated carbocycles. The molecule has 17 heavy (non-hydrogen) atoms. The molecule has 0 spiro atoms. The van der Waals surface area contributed by atoms with Gasteiger partial charge in [-0.3, -0.25) is 0 Å². The molecule has 1 aliphatic heterocycles. The number of anilines is 1. The Morgan fingerprint density at radius 1 is 1.29 bits per heavy atom. The summed E-state index contributed by atoms with van der Waals surface area (Å²) in [5.41, 5.74) is 1.85. The number of aromatic nitrogens is 3. The Bertz CT molecular complexity index is 379. The molecule has 5 heteroatoms. The van der Waals surface area contributed by atoms with E-state index in [1.165, 1.54) is 19.4 Å². The van der Waals surface area contributed by atoms with Gasteiger partial charge in [-0.2, -0.15) is 5.10 Å². The van der Waals surface area contributed by atoms with Crippen molar-refractivity contribution >= 4 is 5.95 Å². The van der Waals surface area contributed by atoms with Crippen molar-refractivity contribution in [2.75, 3.05) is 25.0 Å². The first-order valence-electron chi connectivity index (χ1n) is 6.36. The summed E-state index contributed by atoms with van der Waals surface area (Å²) >= 11 is 0. The quantitative estimate of drug-likeness (QED) is 0.858. The number of rotatable bonds is 3. The molecule has 1 aromatic rings. The zero-order valence-corrected chi connectivity index (χ0v) is 10.9. The Balaban J connectivity index is 1.97. The third kappa shape index (κ3) is 3.12. The average molecular weight is 235 g/mol. The number of likely N-dealkylation sites (tertiary alicyclic amines) is 1. The van der Waals surface area contributed by atoms with Gasteiger partial charge in [-0.1, -0.05) is 6.92 Å². The maximum atomic E-state index is 4.41. The number of likely N-dealkylation sites (N-methyl/N-ethyl adjacent to an activating group) is 1. The molecule has 0 aliphatic carbocycles. The molecule has 0 aromatic carbocycles. The van der Waals surface area contributed by atoms with E-state index in [2.05, 4.69) is 32.3 Å². The van der Waals surface area contributed by atoms with Crippen LogP contribution in [0.3, 0.4) is 0 Å². The summed E-state index contributed by atoms with van der Waals surface area (Å²) in [5.74, 6) is 0.663. The molecule has 1 aromatic heterocycles. The molecular formula is C12H21N5. The van der Waals surface area contributed by atoms with Crippen LogP contribution in [0.25, 0.3) is 0 Å². The summed E-state index contributed by atoms with van der Waals surface area (Å²) in [4.78, 5) is 6.87. The minimum Gasteiger partial charge on any atom is -0.349 e. The van der Waals surface area contributed by atoms with Crippen molar-refractivity contribution in [3.8, 4) is 0 Å². The first kappa shape index (κ1) is 12.2. The van der Waals surface area contributed by atoms with E-state index < -0.39 is 0 Å². The van der Waals surface area contributed by atoms with Crippen molar-refractivity contribution in [2.24, 2.45) is 0 Å². The topological polar surface area (TPSA) is 53.9 Å². The fourth-order valence-corrected chi connectivity index (χ4v) is 2.16. The highest BCUT2D eigenvalue weighted by atomic mass is 15.3. The molecule has 0 radical (unpaired) electrons. The van der Waals surface area contributed by atoms with E-state index in [-0.39, 0.29) is 0 Å². The van der Waals surface area contributed by atoms with E-state index >= 15 is 0 Å². The van der Waals surface area contributed by atoms with Crippen molar-refractivity contribution in [1.29, 1.82) is 0 Å². The highest BCUT2D eigenvalue weighted by Crippen LogP contribution is 2.13. The summed E-state index contributed by atoms with van der Waals surface area (Å²) < 4.78 is 0. The lowest BCUT2D eigenvalue weighted by Crippen LogP contribution is -2.42. The van der Waals surface area contributed by atoms with Gasteiger partial charge in [0.2, 0.25) is 5.95 Å². The molecule has 5 nitrogen and oxygen atoms in total. The van der Waals surface area contributed by atoms with Crippen LogP contribution in [0.15, 0.2) is 0 Å². The number of nitrogens with zero attached hydrogens (tertiary/aromatic N) is 4. The van der Waals surface area contributed by atoms with Crippen LogP contribution in [-0.2, 0) is 0 Å². The number of hydrogen-bond donors (Lipinski definition) is 1. The molecule has 1 fully saturated rings. The Labute approximate surface area is 103 Å². The third-order valence-corrected chi connectivity index (χ3v) is 3.38. The monoisotopic (exact) mass is 235 g/mol. The van der Waals surface area contributed by atoms with E-state index in [4.69, 9.17) is 0 Å². The van der Waals surface area contributed by atoms with Crippen molar-refractivity contribution in [3.63, 3.8) is 0 Å². The summed E-state index contributed by atoms with van der Waals surface area (Å²) in [6.45, 7) is 9.50. The third-order valence-electron chi connectivity index (χ3n) is 3.38. The highest BCUT2D eigenvalue weighted by molar-refractivity contribution is 5.26.